The van der Waals surface area contributed by atoms with E-state index in [0.717, 1.165) is 16.5 Å². The number of aryl methyl sites for hydroxylation is 1. The van der Waals surface area contributed by atoms with E-state index in [1.807, 2.05) is 60.7 Å². The highest BCUT2D eigenvalue weighted by Gasteiger charge is 2.44. The number of rotatable bonds is 10. The number of nitrogens with two attached hydrogens (primary N) is 1. The second kappa shape index (κ2) is 18.0. The maximum Gasteiger partial charge on any atom is 0.249 e. The second-order valence-electron chi connectivity index (χ2n) is 11.1. The molecule has 1 aromatic heterocycles. The van der Waals surface area contributed by atoms with Gasteiger partial charge in [-0.3, -0.25) is 24.2 Å². The number of anilines is 1. The van der Waals surface area contributed by atoms with Crippen LogP contribution in [0.15, 0.2) is 66.9 Å². The lowest BCUT2D eigenvalue weighted by Crippen LogP contribution is -2.50. The number of carbonyl (C=O) groups excluding carboxylic acids is 4. The van der Waals surface area contributed by atoms with Gasteiger partial charge in [-0.25, -0.2) is 0 Å². The molecule has 2 saturated heterocycles. The van der Waals surface area contributed by atoms with Crippen molar-refractivity contribution in [3.05, 3.63) is 72.4 Å². The van der Waals surface area contributed by atoms with Crippen molar-refractivity contribution in [2.45, 2.75) is 56.0 Å². The van der Waals surface area contributed by atoms with E-state index in [0.29, 0.717) is 25.1 Å². The van der Waals surface area contributed by atoms with Gasteiger partial charge in [-0.2, -0.15) is 0 Å². The molecule has 0 spiro atoms. The topological polar surface area (TPSA) is 179 Å². The minimum Gasteiger partial charge on any atom is -0.383 e. The number of carbonyl (C=O) groups is 4. The minimum absolute atomic E-state index is 0. The molecule has 5 rings (SSSR count). The summed E-state index contributed by atoms with van der Waals surface area (Å²) in [6.07, 6.45) is 1.63. The number of halogens is 3. The van der Waals surface area contributed by atoms with Gasteiger partial charge < -0.3 is 37.0 Å². The van der Waals surface area contributed by atoms with Gasteiger partial charge in [0.2, 0.25) is 23.6 Å². The van der Waals surface area contributed by atoms with E-state index in [1.54, 1.807) is 6.20 Å². The van der Waals surface area contributed by atoms with E-state index in [9.17, 15) is 24.3 Å². The zero-order chi connectivity index (χ0) is 30.3. The Kier molecular flexibility index (Phi) is 15.1. The highest BCUT2D eigenvalue weighted by Crippen LogP contribution is 2.24. The molecule has 3 heterocycles. The zero-order valence-corrected chi connectivity index (χ0v) is 27.4. The SMILES string of the molecule is Cl.Cl.Cl.NCC(=O)N[C@H]1CN[C@H](C(=O)N2C[C@@H](NC(=O)[C@H](O)CCc3ccccc3)C[C@H]2C(=O)Nc2cnc3ccccc3c2)C1. The van der Waals surface area contributed by atoms with Crippen molar-refractivity contribution in [3.63, 3.8) is 0 Å². The smallest absolute Gasteiger partial charge is 0.249 e. The highest BCUT2D eigenvalue weighted by atomic mass is 35.5. The Morgan fingerprint density at radius 3 is 2.43 bits per heavy atom. The monoisotopic (exact) mass is 695 g/mol. The normalized spacial score (nSPS) is 20.8. The van der Waals surface area contributed by atoms with Crippen LogP contribution in [0.3, 0.4) is 0 Å². The molecule has 0 radical (unpaired) electrons. The number of likely N-dealkylation sites (tertiary alicyclic amines) is 1. The number of aromatic nitrogens is 1. The molecule has 0 aliphatic carbocycles. The van der Waals surface area contributed by atoms with Gasteiger partial charge in [0.25, 0.3) is 0 Å². The molecule has 5 atom stereocenters. The lowest BCUT2D eigenvalue weighted by molar-refractivity contribution is -0.138. The molecule has 0 bridgehead atoms. The summed E-state index contributed by atoms with van der Waals surface area (Å²) in [6, 6.07) is 16.6. The molecule has 2 fully saturated rings. The van der Waals surface area contributed by atoms with Crippen LogP contribution in [0.1, 0.15) is 24.8 Å². The van der Waals surface area contributed by atoms with Crippen LogP contribution in [0.25, 0.3) is 10.9 Å². The van der Waals surface area contributed by atoms with Crippen LogP contribution >= 0.6 is 37.2 Å². The van der Waals surface area contributed by atoms with E-state index >= 15 is 0 Å². The average Bonchev–Trinajstić information content (AvgIpc) is 3.67. The zero-order valence-electron chi connectivity index (χ0n) is 25.0. The number of aliphatic hydroxyl groups is 1. The van der Waals surface area contributed by atoms with Crippen molar-refractivity contribution in [3.8, 4) is 0 Å². The summed E-state index contributed by atoms with van der Waals surface area (Å²) in [5.74, 6) is -1.56. The van der Waals surface area contributed by atoms with E-state index in [2.05, 4.69) is 26.3 Å². The van der Waals surface area contributed by atoms with Crippen molar-refractivity contribution in [2.24, 2.45) is 5.73 Å². The number of hydrogen-bond donors (Lipinski definition) is 6. The van der Waals surface area contributed by atoms with Crippen LogP contribution in [0.2, 0.25) is 0 Å². The minimum atomic E-state index is -1.23. The molecule has 2 aliphatic rings. The van der Waals surface area contributed by atoms with Crippen molar-refractivity contribution in [1.29, 1.82) is 0 Å². The molecule has 0 unspecified atom stereocenters. The quantitative estimate of drug-likeness (QED) is 0.184. The number of hydrogen-bond acceptors (Lipinski definition) is 8. The Balaban J connectivity index is 0.00000245. The molecule has 7 N–H and O–H groups in total. The Bertz CT molecular complexity index is 1490. The first kappa shape index (κ1) is 38.7. The molecular weight excluding hydrogens is 657 g/mol. The molecule has 3 aromatic rings. The van der Waals surface area contributed by atoms with Crippen molar-refractivity contribution >= 4 is 77.4 Å². The summed E-state index contributed by atoms with van der Waals surface area (Å²) >= 11 is 0. The Hall–Kier alpha value is -3.52. The van der Waals surface area contributed by atoms with Crippen LogP contribution in [-0.4, -0.2) is 88.5 Å². The molecule has 15 heteroatoms. The molecule has 12 nitrogen and oxygen atoms in total. The molecule has 2 aromatic carbocycles. The third kappa shape index (κ3) is 9.74. The average molecular weight is 697 g/mol. The fraction of sp³-hybridized carbons (Fsp3) is 0.387. The van der Waals surface area contributed by atoms with Crippen molar-refractivity contribution in [1.82, 2.24) is 25.8 Å². The van der Waals surface area contributed by atoms with Crippen LogP contribution < -0.4 is 27.0 Å². The summed E-state index contributed by atoms with van der Waals surface area (Å²) in [6.45, 7) is 0.344. The summed E-state index contributed by atoms with van der Waals surface area (Å²) in [5, 5.41) is 23.0. The summed E-state index contributed by atoms with van der Waals surface area (Å²) in [7, 11) is 0. The molecule has 2 aliphatic heterocycles. The third-order valence-corrected chi connectivity index (χ3v) is 7.92. The number of aliphatic hydroxyl groups excluding tert-OH is 1. The second-order valence-corrected chi connectivity index (χ2v) is 11.1. The van der Waals surface area contributed by atoms with E-state index in [-0.39, 0.29) is 81.0 Å². The Labute approximate surface area is 285 Å². The molecule has 0 saturated carbocycles. The predicted molar refractivity (Wildman–Crippen MR) is 182 cm³/mol. The van der Waals surface area contributed by atoms with Gasteiger partial charge in [-0.1, -0.05) is 48.5 Å². The van der Waals surface area contributed by atoms with Gasteiger partial charge in [0.15, 0.2) is 0 Å². The van der Waals surface area contributed by atoms with E-state index in [1.165, 1.54) is 4.90 Å². The van der Waals surface area contributed by atoms with E-state index in [4.69, 9.17) is 5.73 Å². The molecule has 4 amide bonds. The van der Waals surface area contributed by atoms with Gasteiger partial charge in [-0.05, 0) is 43.4 Å². The van der Waals surface area contributed by atoms with Crippen LogP contribution in [0.4, 0.5) is 5.69 Å². The lowest BCUT2D eigenvalue weighted by atomic mass is 10.1. The number of nitrogens with one attached hydrogen (secondary N) is 4. The summed E-state index contributed by atoms with van der Waals surface area (Å²) < 4.78 is 0. The van der Waals surface area contributed by atoms with Gasteiger partial charge >= 0.3 is 0 Å². The standard InChI is InChI=1S/C31H37N7O5.3ClH/c32-15-28(40)35-22-13-25(34-17-22)31(43)38-18-23(37-30(42)27(39)11-10-19-6-2-1-3-7-19)14-26(38)29(41)36-21-12-20-8-4-5-9-24(20)33-16-21;;;/h1-9,12,16,22-23,25-27,34,39H,10-11,13-15,17-18,32H2,(H,35,40)(H,36,41)(H,37,42);3*1H/t22-,23+,25+,26+,27-;;;/m1.../s1. The van der Waals surface area contributed by atoms with Gasteiger partial charge in [-0.15, -0.1) is 37.2 Å². The molecule has 250 valence electrons. The van der Waals surface area contributed by atoms with E-state index < -0.39 is 36.0 Å². The highest BCUT2D eigenvalue weighted by molar-refractivity contribution is 5.99. The Morgan fingerprint density at radius 2 is 1.70 bits per heavy atom. The van der Waals surface area contributed by atoms with Gasteiger partial charge in [0.05, 0.1) is 30.0 Å². The van der Waals surface area contributed by atoms with Gasteiger partial charge in [0.1, 0.15) is 12.1 Å². The predicted octanol–water partition coefficient (Wildman–Crippen LogP) is 1.32. The van der Waals surface area contributed by atoms with Gasteiger partial charge in [0, 0.05) is 30.6 Å². The fourth-order valence-electron chi connectivity index (χ4n) is 5.69. The maximum atomic E-state index is 13.7. The number of nitrogens with zero attached hydrogens (tertiary/aromatic N) is 2. The molecule has 46 heavy (non-hydrogen) atoms. The maximum absolute atomic E-state index is 13.7. The first-order chi connectivity index (χ1) is 20.8. The number of para-hydroxylation sites is 1. The van der Waals surface area contributed by atoms with Crippen molar-refractivity contribution < 1.29 is 24.3 Å². The Morgan fingerprint density at radius 1 is 0.978 bits per heavy atom. The number of pyridine rings is 1. The van der Waals surface area contributed by atoms with Crippen LogP contribution in [0.5, 0.6) is 0 Å². The summed E-state index contributed by atoms with van der Waals surface area (Å²) in [5.41, 5.74) is 7.69. The third-order valence-electron chi connectivity index (χ3n) is 7.92. The lowest BCUT2D eigenvalue weighted by Gasteiger charge is -2.26. The van der Waals surface area contributed by atoms with Crippen molar-refractivity contribution in [2.75, 3.05) is 25.0 Å². The number of benzene rings is 2. The van der Waals surface area contributed by atoms with Crippen LogP contribution in [0, 0.1) is 0 Å². The molecular formula is C31H40Cl3N7O5. The summed E-state index contributed by atoms with van der Waals surface area (Å²) in [4.78, 5) is 57.7. The van der Waals surface area contributed by atoms with Crippen LogP contribution in [-0.2, 0) is 25.6 Å². The largest absolute Gasteiger partial charge is 0.383 e. The number of amides is 4. The fourth-order valence-corrected chi connectivity index (χ4v) is 5.69. The first-order valence-corrected chi connectivity index (χ1v) is 14.5. The number of fused-ring (bicyclic) bond motifs is 1. The first-order valence-electron chi connectivity index (χ1n) is 14.5.